The third-order valence-corrected chi connectivity index (χ3v) is 3.95. The summed E-state index contributed by atoms with van der Waals surface area (Å²) >= 11 is 1.35. The fourth-order valence-corrected chi connectivity index (χ4v) is 2.89. The number of ketones is 1. The maximum Gasteiger partial charge on any atom is 0.208 e. The Morgan fingerprint density at radius 3 is 2.95 bits per heavy atom. The highest BCUT2D eigenvalue weighted by Gasteiger charge is 2.14. The van der Waals surface area contributed by atoms with Crippen LogP contribution in [-0.4, -0.2) is 31.3 Å². The van der Waals surface area contributed by atoms with Gasteiger partial charge in [-0.05, 0) is 13.0 Å². The first-order chi connectivity index (χ1) is 9.65. The van der Waals surface area contributed by atoms with Crippen molar-refractivity contribution >= 4 is 28.4 Å². The highest BCUT2D eigenvalue weighted by molar-refractivity contribution is 7.99. The van der Waals surface area contributed by atoms with E-state index in [9.17, 15) is 4.79 Å². The largest absolute Gasteiger partial charge is 0.350 e. The first-order valence-corrected chi connectivity index (χ1v) is 7.23. The van der Waals surface area contributed by atoms with E-state index in [4.69, 9.17) is 0 Å². The summed E-state index contributed by atoms with van der Waals surface area (Å²) in [4.78, 5) is 16.5. The Hall–Kier alpha value is -2.08. The number of benzene rings is 1. The minimum Gasteiger partial charge on any atom is -0.350 e. The summed E-state index contributed by atoms with van der Waals surface area (Å²) in [5.41, 5.74) is 1.82. The maximum absolute atomic E-state index is 12.4. The normalized spacial score (nSPS) is 11.1. The molecule has 0 saturated carbocycles. The smallest absolute Gasteiger partial charge is 0.208 e. The van der Waals surface area contributed by atoms with Crippen LogP contribution in [0.3, 0.4) is 0 Å². The first kappa shape index (κ1) is 12.9. The Bertz CT molecular complexity index is 774. The second-order valence-corrected chi connectivity index (χ2v) is 5.53. The maximum atomic E-state index is 12.4. The number of Topliss-reactive ketones (excluding diaryl/α,β-unsaturated/α-hetero) is 1. The summed E-state index contributed by atoms with van der Waals surface area (Å²) in [6, 6.07) is 7.91. The van der Waals surface area contributed by atoms with E-state index < -0.39 is 0 Å². The molecule has 0 aliphatic carbocycles. The van der Waals surface area contributed by atoms with Gasteiger partial charge in [-0.2, -0.15) is 0 Å². The summed E-state index contributed by atoms with van der Waals surface area (Å²) in [7, 11) is 1.95. The Labute approximate surface area is 120 Å². The number of thioether (sulfide) groups is 1. The number of H-pyrrole nitrogens is 1. The van der Waals surface area contributed by atoms with Gasteiger partial charge in [0.2, 0.25) is 5.16 Å². The average molecular weight is 286 g/mol. The van der Waals surface area contributed by atoms with E-state index in [1.165, 1.54) is 11.8 Å². The van der Waals surface area contributed by atoms with Crippen LogP contribution in [0.25, 0.3) is 10.9 Å². The molecule has 1 N–H and O–H groups in total. The number of aryl methyl sites for hydroxylation is 2. The molecule has 0 aliphatic rings. The van der Waals surface area contributed by atoms with Gasteiger partial charge < -0.3 is 4.57 Å². The second-order valence-electron chi connectivity index (χ2n) is 4.59. The molecule has 1 aromatic carbocycles. The number of aromatic amines is 1. The number of nitrogens with zero attached hydrogens (tertiary/aromatic N) is 3. The molecule has 6 heteroatoms. The highest BCUT2D eigenvalue weighted by Crippen LogP contribution is 2.23. The van der Waals surface area contributed by atoms with Crippen LogP contribution in [0.1, 0.15) is 16.2 Å². The summed E-state index contributed by atoms with van der Waals surface area (Å²) in [5, 5.41) is 8.39. The van der Waals surface area contributed by atoms with Crippen molar-refractivity contribution < 1.29 is 4.79 Å². The van der Waals surface area contributed by atoms with E-state index in [0.717, 1.165) is 22.3 Å². The monoisotopic (exact) mass is 286 g/mol. The van der Waals surface area contributed by atoms with Crippen LogP contribution in [0.5, 0.6) is 0 Å². The van der Waals surface area contributed by atoms with Crippen molar-refractivity contribution in [3.63, 3.8) is 0 Å². The molecular weight excluding hydrogens is 272 g/mol. The Morgan fingerprint density at radius 1 is 1.40 bits per heavy atom. The molecule has 102 valence electrons. The zero-order valence-corrected chi connectivity index (χ0v) is 12.1. The predicted molar refractivity (Wildman–Crippen MR) is 79.1 cm³/mol. The van der Waals surface area contributed by atoms with Crippen LogP contribution in [-0.2, 0) is 7.05 Å². The van der Waals surface area contributed by atoms with Crippen molar-refractivity contribution in [3.05, 3.63) is 41.9 Å². The molecule has 5 nitrogen and oxygen atoms in total. The van der Waals surface area contributed by atoms with Gasteiger partial charge in [0.25, 0.3) is 0 Å². The molecule has 0 amide bonds. The summed E-state index contributed by atoms with van der Waals surface area (Å²) < 4.78 is 1.98. The minimum atomic E-state index is 0.0919. The molecule has 3 rings (SSSR count). The lowest BCUT2D eigenvalue weighted by molar-refractivity contribution is 0.102. The van der Waals surface area contributed by atoms with Crippen LogP contribution >= 0.6 is 11.8 Å². The third-order valence-electron chi connectivity index (χ3n) is 3.11. The van der Waals surface area contributed by atoms with Crippen LogP contribution in [0, 0.1) is 6.92 Å². The number of para-hydroxylation sites is 1. The Morgan fingerprint density at radius 2 is 2.20 bits per heavy atom. The van der Waals surface area contributed by atoms with Gasteiger partial charge >= 0.3 is 0 Å². The van der Waals surface area contributed by atoms with Crippen molar-refractivity contribution in [2.75, 3.05) is 5.75 Å². The minimum absolute atomic E-state index is 0.0919. The Kier molecular flexibility index (Phi) is 3.31. The van der Waals surface area contributed by atoms with Gasteiger partial charge in [0.1, 0.15) is 5.82 Å². The topological polar surface area (TPSA) is 63.6 Å². The number of rotatable bonds is 4. The zero-order chi connectivity index (χ0) is 14.1. The van der Waals surface area contributed by atoms with Crippen molar-refractivity contribution in [3.8, 4) is 0 Å². The van der Waals surface area contributed by atoms with Gasteiger partial charge in [-0.15, -0.1) is 5.10 Å². The number of carbonyl (C=O) groups excluding carboxylic acids is 1. The molecular formula is C14H14N4OS. The number of aromatic nitrogens is 4. The third kappa shape index (κ3) is 2.34. The molecule has 0 unspecified atom stereocenters. The molecule has 0 aliphatic heterocycles. The molecule has 0 saturated heterocycles. The van der Waals surface area contributed by atoms with Crippen LogP contribution < -0.4 is 0 Å². The van der Waals surface area contributed by atoms with Gasteiger partial charge in [0, 0.05) is 29.7 Å². The number of hydrogen-bond donors (Lipinski definition) is 1. The molecule has 2 heterocycles. The summed E-state index contributed by atoms with van der Waals surface area (Å²) in [6.45, 7) is 1.84. The van der Waals surface area contributed by atoms with Gasteiger partial charge in [0.05, 0.1) is 5.75 Å². The molecule has 2 aromatic heterocycles. The molecule has 3 aromatic rings. The van der Waals surface area contributed by atoms with E-state index in [2.05, 4.69) is 15.2 Å². The van der Waals surface area contributed by atoms with Gasteiger partial charge in [0.15, 0.2) is 5.78 Å². The van der Waals surface area contributed by atoms with E-state index in [0.29, 0.717) is 10.9 Å². The molecule has 0 atom stereocenters. The van der Waals surface area contributed by atoms with Gasteiger partial charge in [-0.1, -0.05) is 30.0 Å². The van der Waals surface area contributed by atoms with Crippen LogP contribution in [0.4, 0.5) is 0 Å². The number of nitrogens with one attached hydrogen (secondary N) is 1. The summed E-state index contributed by atoms with van der Waals surface area (Å²) in [6.07, 6.45) is 1.89. The number of carbonyl (C=O) groups is 1. The van der Waals surface area contributed by atoms with Crippen molar-refractivity contribution in [2.24, 2.45) is 7.05 Å². The summed E-state index contributed by atoms with van der Waals surface area (Å²) in [5.74, 6) is 1.19. The molecule has 0 fully saturated rings. The van der Waals surface area contributed by atoms with E-state index >= 15 is 0 Å². The van der Waals surface area contributed by atoms with E-state index in [-0.39, 0.29) is 5.78 Å². The lowest BCUT2D eigenvalue weighted by Gasteiger charge is -1.97. The lowest BCUT2D eigenvalue weighted by atomic mass is 10.1. The highest BCUT2D eigenvalue weighted by atomic mass is 32.2. The van der Waals surface area contributed by atoms with Crippen LogP contribution in [0.2, 0.25) is 0 Å². The Balaban J connectivity index is 1.82. The SMILES string of the molecule is Cc1nc(SCC(=O)c2cn(C)c3ccccc23)n[nH]1. The van der Waals surface area contributed by atoms with E-state index in [1.807, 2.05) is 49.0 Å². The van der Waals surface area contributed by atoms with Crippen molar-refractivity contribution in [2.45, 2.75) is 12.1 Å². The lowest BCUT2D eigenvalue weighted by Crippen LogP contribution is -2.01. The molecule has 0 bridgehead atoms. The zero-order valence-electron chi connectivity index (χ0n) is 11.3. The van der Waals surface area contributed by atoms with E-state index in [1.54, 1.807) is 0 Å². The first-order valence-electron chi connectivity index (χ1n) is 6.24. The number of hydrogen-bond acceptors (Lipinski definition) is 4. The molecule has 20 heavy (non-hydrogen) atoms. The van der Waals surface area contributed by atoms with Gasteiger partial charge in [-0.3, -0.25) is 9.89 Å². The standard InChI is InChI=1S/C14H14N4OS/c1-9-15-14(17-16-9)20-8-13(19)11-7-18(2)12-6-4-3-5-10(11)12/h3-7H,8H2,1-2H3,(H,15,16,17). The average Bonchev–Trinajstić information content (AvgIpc) is 3.01. The van der Waals surface area contributed by atoms with Crippen LogP contribution in [0.15, 0.2) is 35.6 Å². The van der Waals surface area contributed by atoms with Crippen molar-refractivity contribution in [1.29, 1.82) is 0 Å². The predicted octanol–water partition coefficient (Wildman–Crippen LogP) is 2.58. The second kappa shape index (κ2) is 5.13. The molecule has 0 radical (unpaired) electrons. The fraction of sp³-hybridized carbons (Fsp3) is 0.214. The fourth-order valence-electron chi connectivity index (χ4n) is 2.16. The quantitative estimate of drug-likeness (QED) is 0.591. The van der Waals surface area contributed by atoms with Crippen molar-refractivity contribution in [1.82, 2.24) is 19.7 Å². The number of fused-ring (bicyclic) bond motifs is 1. The van der Waals surface area contributed by atoms with Gasteiger partial charge in [-0.25, -0.2) is 4.98 Å². The molecule has 0 spiro atoms.